The number of aromatic nitrogens is 2. The van der Waals surface area contributed by atoms with Crippen molar-refractivity contribution in [1.29, 1.82) is 0 Å². The van der Waals surface area contributed by atoms with Gasteiger partial charge in [0.05, 0.1) is 5.69 Å². The molecule has 112 valence electrons. The third-order valence-corrected chi connectivity index (χ3v) is 4.38. The minimum Gasteiger partial charge on any atom is -0.508 e. The van der Waals surface area contributed by atoms with Crippen molar-refractivity contribution in [3.8, 4) is 22.8 Å². The van der Waals surface area contributed by atoms with Gasteiger partial charge in [0.2, 0.25) is 0 Å². The molecule has 6 heteroatoms. The first-order valence-electron chi connectivity index (χ1n) is 6.70. The van der Waals surface area contributed by atoms with E-state index in [1.807, 2.05) is 35.2 Å². The average Bonchev–Trinajstić information content (AvgIpc) is 2.87. The number of aromatic hydroxyl groups is 2. The molecule has 0 fully saturated rings. The zero-order chi connectivity index (χ0) is 15.7. The van der Waals surface area contributed by atoms with E-state index >= 15 is 0 Å². The summed E-state index contributed by atoms with van der Waals surface area (Å²) in [6, 6.07) is 8.84. The first-order valence-corrected chi connectivity index (χ1v) is 7.58. The largest absolute Gasteiger partial charge is 0.508 e. The molecule has 3 aromatic rings. The first kappa shape index (κ1) is 14.3. The van der Waals surface area contributed by atoms with Gasteiger partial charge in [0, 0.05) is 29.8 Å². The van der Waals surface area contributed by atoms with E-state index in [9.17, 15) is 10.2 Å². The summed E-state index contributed by atoms with van der Waals surface area (Å²) < 4.78 is 1.89. The number of thiazole rings is 1. The van der Waals surface area contributed by atoms with Gasteiger partial charge in [-0.3, -0.25) is 0 Å². The second kappa shape index (κ2) is 5.65. The van der Waals surface area contributed by atoms with Crippen molar-refractivity contribution in [2.45, 2.75) is 6.92 Å². The summed E-state index contributed by atoms with van der Waals surface area (Å²) in [7, 11) is 1.88. The Morgan fingerprint density at radius 1 is 1.18 bits per heavy atom. The van der Waals surface area contributed by atoms with Gasteiger partial charge in [0.1, 0.15) is 11.5 Å². The number of rotatable bonds is 2. The van der Waals surface area contributed by atoms with Crippen LogP contribution in [0.25, 0.3) is 11.3 Å². The van der Waals surface area contributed by atoms with E-state index < -0.39 is 0 Å². The van der Waals surface area contributed by atoms with Crippen molar-refractivity contribution in [1.82, 2.24) is 9.55 Å². The number of hydrogen-bond acceptors (Lipinski definition) is 5. The summed E-state index contributed by atoms with van der Waals surface area (Å²) in [5.41, 5.74) is 1.96. The number of phenols is 2. The Morgan fingerprint density at radius 2 is 2.00 bits per heavy atom. The summed E-state index contributed by atoms with van der Waals surface area (Å²) in [4.78, 5) is 9.46. The van der Waals surface area contributed by atoms with E-state index in [-0.39, 0.29) is 11.5 Å². The molecule has 22 heavy (non-hydrogen) atoms. The topological polar surface area (TPSA) is 70.6 Å². The predicted octanol–water partition coefficient (Wildman–Crippen LogP) is 3.10. The summed E-state index contributed by atoms with van der Waals surface area (Å²) >= 11 is 1.47. The minimum absolute atomic E-state index is 0.0810. The molecule has 2 N–H and O–H groups in total. The molecular weight excluding hydrogens is 298 g/mol. The second-order valence-corrected chi connectivity index (χ2v) is 5.70. The molecule has 0 atom stereocenters. The zero-order valence-corrected chi connectivity index (χ0v) is 13.0. The van der Waals surface area contributed by atoms with Crippen LogP contribution in [0.3, 0.4) is 0 Å². The summed E-state index contributed by atoms with van der Waals surface area (Å²) in [5.74, 6) is 0.799. The molecule has 0 unspecified atom stereocenters. The lowest BCUT2D eigenvalue weighted by atomic mass is 10.1. The summed E-state index contributed by atoms with van der Waals surface area (Å²) in [5, 5.41) is 21.8. The maximum absolute atomic E-state index is 10.2. The minimum atomic E-state index is 0.0810. The lowest BCUT2D eigenvalue weighted by Gasteiger charge is -2.09. The highest BCUT2D eigenvalue weighted by Crippen LogP contribution is 2.36. The van der Waals surface area contributed by atoms with Gasteiger partial charge in [0.25, 0.3) is 0 Å². The fourth-order valence-corrected chi connectivity index (χ4v) is 3.03. The van der Waals surface area contributed by atoms with E-state index in [2.05, 4.69) is 9.98 Å². The van der Waals surface area contributed by atoms with E-state index in [0.29, 0.717) is 16.9 Å². The number of pyridine rings is 1. The SMILES string of the molecule is Cc1c(O)ccc(-c2csc(=Nc3ccccn3)n2C)c1O. The van der Waals surface area contributed by atoms with Crippen molar-refractivity contribution in [2.24, 2.45) is 12.0 Å². The molecule has 3 rings (SSSR count). The van der Waals surface area contributed by atoms with Crippen molar-refractivity contribution >= 4 is 17.2 Å². The van der Waals surface area contributed by atoms with E-state index in [4.69, 9.17) is 0 Å². The molecule has 0 bridgehead atoms. The van der Waals surface area contributed by atoms with Gasteiger partial charge in [-0.15, -0.1) is 11.3 Å². The normalized spacial score (nSPS) is 11.8. The van der Waals surface area contributed by atoms with Gasteiger partial charge in [-0.25, -0.2) is 9.98 Å². The molecule has 0 radical (unpaired) electrons. The molecule has 2 aromatic heterocycles. The lowest BCUT2D eigenvalue weighted by molar-refractivity contribution is 0.444. The van der Waals surface area contributed by atoms with Crippen LogP contribution in [-0.4, -0.2) is 19.8 Å². The molecule has 0 spiro atoms. The Labute approximate surface area is 131 Å². The van der Waals surface area contributed by atoms with Crippen LogP contribution in [0.4, 0.5) is 5.82 Å². The number of benzene rings is 1. The van der Waals surface area contributed by atoms with Crippen LogP contribution >= 0.6 is 11.3 Å². The molecule has 0 saturated heterocycles. The fraction of sp³-hybridized carbons (Fsp3) is 0.125. The lowest BCUT2D eigenvalue weighted by Crippen LogP contribution is -2.11. The first-order chi connectivity index (χ1) is 10.6. The van der Waals surface area contributed by atoms with E-state index in [1.54, 1.807) is 25.3 Å². The molecule has 0 aliphatic carbocycles. The molecular formula is C16H15N3O2S. The molecule has 2 heterocycles. The number of nitrogens with zero attached hydrogens (tertiary/aromatic N) is 3. The maximum Gasteiger partial charge on any atom is 0.191 e. The van der Waals surface area contributed by atoms with Crippen molar-refractivity contribution in [2.75, 3.05) is 0 Å². The Kier molecular flexibility index (Phi) is 3.68. The third-order valence-electron chi connectivity index (χ3n) is 3.46. The standard InChI is InChI=1S/C16H15N3O2S/c1-10-13(20)7-6-11(15(10)21)12-9-22-16(19(12)2)18-14-5-3-4-8-17-14/h3-9,20-21H,1-2H3. The Balaban J connectivity index is 2.12. The summed E-state index contributed by atoms with van der Waals surface area (Å²) in [6.45, 7) is 1.68. The molecule has 0 amide bonds. The van der Waals surface area contributed by atoms with Gasteiger partial charge < -0.3 is 14.8 Å². The molecule has 1 aromatic carbocycles. The highest BCUT2D eigenvalue weighted by Gasteiger charge is 2.13. The highest BCUT2D eigenvalue weighted by atomic mass is 32.1. The molecule has 0 aliphatic rings. The Hall–Kier alpha value is -2.60. The smallest absolute Gasteiger partial charge is 0.191 e. The highest BCUT2D eigenvalue weighted by molar-refractivity contribution is 7.07. The van der Waals surface area contributed by atoms with Gasteiger partial charge in [-0.05, 0) is 31.2 Å². The van der Waals surface area contributed by atoms with Crippen LogP contribution in [0, 0.1) is 6.92 Å². The van der Waals surface area contributed by atoms with Crippen LogP contribution in [-0.2, 0) is 7.05 Å². The van der Waals surface area contributed by atoms with Gasteiger partial charge in [-0.1, -0.05) is 6.07 Å². The predicted molar refractivity (Wildman–Crippen MR) is 86.3 cm³/mol. The third kappa shape index (κ3) is 2.48. The number of hydrogen-bond donors (Lipinski definition) is 2. The molecule has 0 saturated carbocycles. The molecule has 0 aliphatic heterocycles. The van der Waals surface area contributed by atoms with Gasteiger partial charge in [-0.2, -0.15) is 0 Å². The van der Waals surface area contributed by atoms with Crippen molar-refractivity contribution < 1.29 is 10.2 Å². The summed E-state index contributed by atoms with van der Waals surface area (Å²) in [6.07, 6.45) is 1.70. The monoisotopic (exact) mass is 313 g/mol. The van der Waals surface area contributed by atoms with Crippen molar-refractivity contribution in [3.63, 3.8) is 0 Å². The Bertz CT molecular complexity index is 882. The second-order valence-electron chi connectivity index (χ2n) is 4.87. The number of phenolic OH excluding ortho intramolecular Hbond substituents is 2. The van der Waals surface area contributed by atoms with Crippen molar-refractivity contribution in [3.05, 3.63) is 52.3 Å². The maximum atomic E-state index is 10.2. The van der Waals surface area contributed by atoms with Crippen LogP contribution in [0.2, 0.25) is 0 Å². The fourth-order valence-electron chi connectivity index (χ4n) is 2.13. The average molecular weight is 313 g/mol. The van der Waals surface area contributed by atoms with Crippen LogP contribution in [0.15, 0.2) is 46.9 Å². The van der Waals surface area contributed by atoms with Crippen LogP contribution in [0.5, 0.6) is 11.5 Å². The Morgan fingerprint density at radius 3 is 2.73 bits per heavy atom. The van der Waals surface area contributed by atoms with Gasteiger partial charge in [0.15, 0.2) is 10.6 Å². The zero-order valence-electron chi connectivity index (χ0n) is 12.2. The van der Waals surface area contributed by atoms with Crippen LogP contribution < -0.4 is 4.80 Å². The van der Waals surface area contributed by atoms with E-state index in [1.165, 1.54) is 11.3 Å². The molecule has 5 nitrogen and oxygen atoms in total. The van der Waals surface area contributed by atoms with Crippen LogP contribution in [0.1, 0.15) is 5.56 Å². The quantitative estimate of drug-likeness (QED) is 0.763. The van der Waals surface area contributed by atoms with Gasteiger partial charge >= 0.3 is 0 Å². The van der Waals surface area contributed by atoms with E-state index in [0.717, 1.165) is 10.5 Å².